The summed E-state index contributed by atoms with van der Waals surface area (Å²) in [6.07, 6.45) is 9.51. The van der Waals surface area contributed by atoms with Gasteiger partial charge in [-0.3, -0.25) is 20.0 Å². The van der Waals surface area contributed by atoms with Crippen LogP contribution in [0.5, 0.6) is 11.5 Å². The molecule has 1 N–H and O–H groups in total. The minimum absolute atomic E-state index is 0.0341. The second-order valence-corrected chi connectivity index (χ2v) is 14.6. The number of aromatic nitrogens is 2. The second kappa shape index (κ2) is 15.6. The number of ether oxygens (including phenoxy) is 3. The number of hydrogen-bond donors (Lipinski definition) is 1. The number of methoxy groups -OCH3 is 1. The standard InChI is InChI=1S/C39H40Cl2N4O7/c1-50-35-9-7-27(16-36(35)51-23-24-4-5-24)30(17-32-33(40)20-44(49)21-34(32)41)31-15-25(6-8-29(31)38(46)47)19-45(28-3-2-12-42-18-28)39(48)52-37-22-43-13-10-26(37)11-14-43/h2-3,6-9,12,15-16,18,20-21,24,26,30,37H,4-5,10-11,13-14,17,19,22-23H2,1H3,(H-,46,47,49)/t30-,37-/m0/s1. The number of benzene rings is 2. The molecule has 4 aliphatic rings. The molecule has 8 rings (SSSR count). The Morgan fingerprint density at radius 3 is 2.46 bits per heavy atom. The van der Waals surface area contributed by atoms with E-state index < -0.39 is 18.0 Å². The zero-order valence-electron chi connectivity index (χ0n) is 28.8. The van der Waals surface area contributed by atoms with Crippen molar-refractivity contribution in [2.24, 2.45) is 11.8 Å². The maximum atomic E-state index is 13.9. The van der Waals surface area contributed by atoms with Gasteiger partial charge < -0.3 is 24.1 Å². The number of hydrogen-bond acceptors (Lipinski definition) is 9. The van der Waals surface area contributed by atoms with Crippen LogP contribution in [0.1, 0.15) is 64.2 Å². The average Bonchev–Trinajstić information content (AvgIpc) is 3.98. The van der Waals surface area contributed by atoms with Crippen molar-refractivity contribution in [3.05, 3.63) is 111 Å². The first-order chi connectivity index (χ1) is 25.2. The third-order valence-corrected chi connectivity index (χ3v) is 11.0. The number of piperidine rings is 3. The van der Waals surface area contributed by atoms with Crippen LogP contribution in [-0.4, -0.2) is 66.6 Å². The van der Waals surface area contributed by atoms with E-state index in [1.165, 1.54) is 23.4 Å². The quantitative estimate of drug-likeness (QED) is 0.136. The van der Waals surface area contributed by atoms with Crippen molar-refractivity contribution in [2.75, 3.05) is 38.3 Å². The van der Waals surface area contributed by atoms with Crippen molar-refractivity contribution in [3.63, 3.8) is 0 Å². The maximum Gasteiger partial charge on any atom is 0.414 e. The number of carboxylic acid groups (broad SMARTS) is 1. The van der Waals surface area contributed by atoms with Gasteiger partial charge in [0, 0.05) is 34.5 Å². The SMILES string of the molecule is COc1ccc([C@H](Cc2c(Cl)c[n+](O)cc2Cl)c2cc(CN(C(=O)O[C@H]3CN4CCC3CC4)c3cccnc3)ccc2C(=O)[O-])cc1OCC1CC1. The van der Waals surface area contributed by atoms with E-state index in [4.69, 9.17) is 37.4 Å². The molecule has 4 fully saturated rings. The number of fused-ring (bicyclic) bond motifs is 3. The number of carboxylic acids is 1. The summed E-state index contributed by atoms with van der Waals surface area (Å²) in [6, 6.07) is 14.0. The first kappa shape index (κ1) is 35.8. The number of amides is 1. The Balaban J connectivity index is 1.28. The van der Waals surface area contributed by atoms with Crippen molar-refractivity contribution < 1.29 is 38.8 Å². The van der Waals surface area contributed by atoms with Crippen LogP contribution in [0.3, 0.4) is 0 Å². The van der Waals surface area contributed by atoms with Crippen molar-refractivity contribution in [1.29, 1.82) is 0 Å². The highest BCUT2D eigenvalue weighted by Gasteiger charge is 2.37. The number of rotatable bonds is 13. The minimum atomic E-state index is -1.37. The molecule has 3 saturated heterocycles. The molecule has 1 saturated carbocycles. The molecule has 1 amide bonds. The van der Waals surface area contributed by atoms with Crippen molar-refractivity contribution in [1.82, 2.24) is 9.88 Å². The zero-order valence-corrected chi connectivity index (χ0v) is 30.3. The van der Waals surface area contributed by atoms with Gasteiger partial charge in [-0.2, -0.15) is 0 Å². The lowest BCUT2D eigenvalue weighted by Crippen LogP contribution is -2.53. The second-order valence-electron chi connectivity index (χ2n) is 13.8. The van der Waals surface area contributed by atoms with Crippen molar-refractivity contribution >= 4 is 41.0 Å². The summed E-state index contributed by atoms with van der Waals surface area (Å²) in [5, 5.41) is 23.2. The molecular weight excluding hydrogens is 707 g/mol. The third kappa shape index (κ3) is 8.06. The van der Waals surface area contributed by atoms with Crippen LogP contribution in [0.4, 0.5) is 10.5 Å². The molecule has 2 aromatic heterocycles. The summed E-state index contributed by atoms with van der Waals surface area (Å²) in [5.41, 5.74) is 2.79. The molecule has 52 heavy (non-hydrogen) atoms. The van der Waals surface area contributed by atoms with E-state index in [0.29, 0.717) is 64.4 Å². The van der Waals surface area contributed by atoms with Crippen LogP contribution in [0, 0.1) is 11.8 Å². The van der Waals surface area contributed by atoms with Gasteiger partial charge in [0.25, 0.3) is 0 Å². The number of carbonyl (C=O) groups is 2. The smallest absolute Gasteiger partial charge is 0.414 e. The van der Waals surface area contributed by atoms with Gasteiger partial charge >= 0.3 is 6.09 Å². The normalized spacial score (nSPS) is 19.9. The van der Waals surface area contributed by atoms with Gasteiger partial charge in [-0.1, -0.05) is 47.5 Å². The number of halogens is 2. The van der Waals surface area contributed by atoms with Gasteiger partial charge in [0.05, 0.1) is 38.1 Å². The molecule has 272 valence electrons. The molecule has 1 aliphatic carbocycles. The molecule has 4 aromatic rings. The first-order valence-corrected chi connectivity index (χ1v) is 18.3. The Morgan fingerprint density at radius 2 is 1.83 bits per heavy atom. The molecule has 2 aromatic carbocycles. The van der Waals surface area contributed by atoms with E-state index in [0.717, 1.165) is 43.5 Å². The fourth-order valence-electron chi connectivity index (χ4n) is 7.24. The number of pyridine rings is 2. The van der Waals surface area contributed by atoms with Gasteiger partial charge in [0.1, 0.15) is 16.1 Å². The lowest BCUT2D eigenvalue weighted by molar-refractivity contribution is -0.904. The van der Waals surface area contributed by atoms with E-state index in [1.54, 1.807) is 49.8 Å². The monoisotopic (exact) mass is 746 g/mol. The molecule has 0 radical (unpaired) electrons. The number of anilines is 1. The van der Waals surface area contributed by atoms with Gasteiger partial charge in [0.15, 0.2) is 11.5 Å². The van der Waals surface area contributed by atoms with E-state index in [1.807, 2.05) is 12.1 Å². The zero-order chi connectivity index (χ0) is 36.4. The Hall–Kier alpha value is -4.58. The Kier molecular flexibility index (Phi) is 10.7. The maximum absolute atomic E-state index is 13.9. The fraction of sp³-hybridized carbons (Fsp3) is 0.385. The topological polar surface area (TPSA) is 128 Å². The lowest BCUT2D eigenvalue weighted by atomic mass is 9.82. The highest BCUT2D eigenvalue weighted by Crippen LogP contribution is 2.40. The van der Waals surface area contributed by atoms with Crippen LogP contribution in [0.2, 0.25) is 10.0 Å². The van der Waals surface area contributed by atoms with Gasteiger partial charge in [-0.25, -0.2) is 4.79 Å². The summed E-state index contributed by atoms with van der Waals surface area (Å²) in [5.74, 6) is -0.133. The lowest BCUT2D eigenvalue weighted by Gasteiger charge is -2.44. The van der Waals surface area contributed by atoms with E-state index in [9.17, 15) is 19.9 Å². The third-order valence-electron chi connectivity index (χ3n) is 10.3. The molecule has 11 nitrogen and oxygen atoms in total. The first-order valence-electron chi connectivity index (χ1n) is 17.5. The Labute approximate surface area is 312 Å². The summed E-state index contributed by atoms with van der Waals surface area (Å²) in [6.45, 7) is 3.35. The Morgan fingerprint density at radius 1 is 1.06 bits per heavy atom. The summed E-state index contributed by atoms with van der Waals surface area (Å²) >= 11 is 13.3. The number of nitrogens with zero attached hydrogens (tertiary/aromatic N) is 4. The molecule has 3 aliphatic heterocycles. The molecule has 2 atom stereocenters. The summed E-state index contributed by atoms with van der Waals surface area (Å²) in [7, 11) is 1.57. The number of carbonyl (C=O) groups excluding carboxylic acids is 2. The van der Waals surface area contributed by atoms with Gasteiger partial charge in [0.2, 0.25) is 12.4 Å². The molecule has 13 heteroatoms. The molecule has 2 bridgehead atoms. The minimum Gasteiger partial charge on any atom is -0.545 e. The van der Waals surface area contributed by atoms with Gasteiger partial charge in [-0.05, 0) is 98.0 Å². The van der Waals surface area contributed by atoms with Crippen molar-refractivity contribution in [3.8, 4) is 11.5 Å². The average molecular weight is 748 g/mol. The van der Waals surface area contributed by atoms with Crippen LogP contribution in [0.15, 0.2) is 73.3 Å². The van der Waals surface area contributed by atoms with Crippen LogP contribution in [-0.2, 0) is 17.7 Å². The largest absolute Gasteiger partial charge is 0.545 e. The van der Waals surface area contributed by atoms with Crippen LogP contribution < -0.4 is 24.2 Å². The highest BCUT2D eigenvalue weighted by atomic mass is 35.5. The van der Waals surface area contributed by atoms with Gasteiger partial charge in [-0.15, -0.1) is 0 Å². The van der Waals surface area contributed by atoms with Crippen molar-refractivity contribution in [2.45, 2.75) is 50.7 Å². The van der Waals surface area contributed by atoms with E-state index in [2.05, 4.69) is 9.88 Å². The summed E-state index contributed by atoms with van der Waals surface area (Å²) in [4.78, 5) is 34.8. The Bertz CT molecular complexity index is 1910. The van der Waals surface area contributed by atoms with Crippen LogP contribution >= 0.6 is 23.2 Å². The molecule has 0 spiro atoms. The summed E-state index contributed by atoms with van der Waals surface area (Å²) < 4.78 is 18.7. The predicted molar refractivity (Wildman–Crippen MR) is 191 cm³/mol. The molecule has 5 heterocycles. The molecular formula is C39H40Cl2N4O7. The van der Waals surface area contributed by atoms with E-state index in [-0.39, 0.29) is 34.7 Å². The fourth-order valence-corrected chi connectivity index (χ4v) is 7.85. The molecule has 0 unspecified atom stereocenters. The number of aromatic carboxylic acids is 1. The van der Waals surface area contributed by atoms with E-state index >= 15 is 0 Å². The predicted octanol–water partition coefficient (Wildman–Crippen LogP) is 5.69. The highest BCUT2D eigenvalue weighted by molar-refractivity contribution is 6.35. The van der Waals surface area contributed by atoms with Crippen LogP contribution in [0.25, 0.3) is 0 Å².